The summed E-state index contributed by atoms with van der Waals surface area (Å²) in [5.41, 5.74) is 0.604. The van der Waals surface area contributed by atoms with Gasteiger partial charge in [-0.15, -0.1) is 0 Å². The van der Waals surface area contributed by atoms with E-state index in [4.69, 9.17) is 0 Å². The molecule has 0 aromatic heterocycles. The van der Waals surface area contributed by atoms with Crippen LogP contribution in [0.2, 0.25) is 0 Å². The zero-order valence-electron chi connectivity index (χ0n) is 14.5. The van der Waals surface area contributed by atoms with Gasteiger partial charge in [-0.3, -0.25) is 9.59 Å². The van der Waals surface area contributed by atoms with Crippen LogP contribution in [-0.2, 0) is 16.1 Å². The van der Waals surface area contributed by atoms with Crippen LogP contribution in [0.3, 0.4) is 0 Å². The normalized spacial score (nSPS) is 21.3. The first-order valence-electron chi connectivity index (χ1n) is 8.51. The first-order valence-corrected chi connectivity index (χ1v) is 8.51. The van der Waals surface area contributed by atoms with Gasteiger partial charge < -0.3 is 10.2 Å². The molecule has 1 heterocycles. The molecule has 1 atom stereocenters. The number of benzene rings is 1. The fraction of sp³-hybridized carbons (Fsp3) is 0.579. The van der Waals surface area contributed by atoms with Crippen LogP contribution in [0.1, 0.15) is 45.6 Å². The molecule has 1 aliphatic heterocycles. The van der Waals surface area contributed by atoms with Crippen LogP contribution in [0.5, 0.6) is 0 Å². The van der Waals surface area contributed by atoms with Crippen molar-refractivity contribution < 1.29 is 9.59 Å². The molecular formula is C19H28N2O2. The topological polar surface area (TPSA) is 49.4 Å². The maximum absolute atomic E-state index is 12.6. The van der Waals surface area contributed by atoms with Gasteiger partial charge in [-0.05, 0) is 31.2 Å². The summed E-state index contributed by atoms with van der Waals surface area (Å²) < 4.78 is 0. The summed E-state index contributed by atoms with van der Waals surface area (Å²) in [5, 5.41) is 3.03. The zero-order valence-corrected chi connectivity index (χ0v) is 14.5. The molecule has 2 rings (SSSR count). The Balaban J connectivity index is 1.94. The molecule has 126 valence electrons. The van der Waals surface area contributed by atoms with Gasteiger partial charge in [0.25, 0.3) is 0 Å². The van der Waals surface area contributed by atoms with Crippen molar-refractivity contribution >= 4 is 11.8 Å². The van der Waals surface area contributed by atoms with Crippen molar-refractivity contribution in [1.29, 1.82) is 0 Å². The summed E-state index contributed by atoms with van der Waals surface area (Å²) in [7, 11) is 0. The molecular weight excluding hydrogens is 288 g/mol. The van der Waals surface area contributed by atoms with E-state index in [2.05, 4.69) is 5.32 Å². The molecule has 0 radical (unpaired) electrons. The Bertz CT molecular complexity index is 542. The van der Waals surface area contributed by atoms with Gasteiger partial charge in [-0.1, -0.05) is 44.2 Å². The van der Waals surface area contributed by atoms with E-state index in [9.17, 15) is 9.59 Å². The summed E-state index contributed by atoms with van der Waals surface area (Å²) >= 11 is 0. The van der Waals surface area contributed by atoms with Gasteiger partial charge in [0.15, 0.2) is 0 Å². The van der Waals surface area contributed by atoms with Crippen molar-refractivity contribution in [2.24, 2.45) is 11.3 Å². The molecule has 4 nitrogen and oxygen atoms in total. The highest BCUT2D eigenvalue weighted by Crippen LogP contribution is 2.30. The van der Waals surface area contributed by atoms with E-state index in [0.29, 0.717) is 25.4 Å². The van der Waals surface area contributed by atoms with E-state index >= 15 is 0 Å². The Morgan fingerprint density at radius 2 is 1.96 bits per heavy atom. The van der Waals surface area contributed by atoms with E-state index in [-0.39, 0.29) is 11.8 Å². The third kappa shape index (κ3) is 4.81. The second-order valence-electron chi connectivity index (χ2n) is 7.25. The predicted molar refractivity (Wildman–Crippen MR) is 91.7 cm³/mol. The summed E-state index contributed by atoms with van der Waals surface area (Å²) in [5.74, 6) is 0.563. The summed E-state index contributed by atoms with van der Waals surface area (Å²) in [6.45, 7) is 7.91. The number of likely N-dealkylation sites (tertiary alicyclic amines) is 1. The summed E-state index contributed by atoms with van der Waals surface area (Å²) in [6, 6.07) is 9.90. The van der Waals surface area contributed by atoms with Gasteiger partial charge in [0.1, 0.15) is 0 Å². The number of rotatable bonds is 5. The first-order chi connectivity index (χ1) is 10.9. The van der Waals surface area contributed by atoms with Crippen LogP contribution >= 0.6 is 0 Å². The van der Waals surface area contributed by atoms with Crippen molar-refractivity contribution in [3.63, 3.8) is 0 Å². The van der Waals surface area contributed by atoms with Gasteiger partial charge in [-0.2, -0.15) is 0 Å². The van der Waals surface area contributed by atoms with Crippen LogP contribution in [-0.4, -0.2) is 29.8 Å². The standard InChI is InChI=1S/C19H28N2O2/c1-15(2)12-17(22)21-11-7-10-19(3,14-21)18(23)20-13-16-8-5-4-6-9-16/h4-6,8-9,15H,7,10-14H2,1-3H3,(H,20,23). The van der Waals surface area contributed by atoms with E-state index in [1.165, 1.54) is 0 Å². The largest absolute Gasteiger partial charge is 0.351 e. The van der Waals surface area contributed by atoms with E-state index in [1.54, 1.807) is 0 Å². The number of carbonyl (C=O) groups excluding carboxylic acids is 2. The lowest BCUT2D eigenvalue weighted by molar-refractivity contribution is -0.141. The maximum atomic E-state index is 12.6. The van der Waals surface area contributed by atoms with E-state index in [0.717, 1.165) is 24.9 Å². The molecule has 2 amide bonds. The molecule has 0 saturated carbocycles. The Morgan fingerprint density at radius 3 is 2.61 bits per heavy atom. The summed E-state index contributed by atoms with van der Waals surface area (Å²) in [4.78, 5) is 26.8. The molecule has 1 unspecified atom stereocenters. The molecule has 1 aromatic rings. The Labute approximate surface area is 139 Å². The SMILES string of the molecule is CC(C)CC(=O)N1CCCC(C)(C(=O)NCc2ccccc2)C1. The lowest BCUT2D eigenvalue weighted by Gasteiger charge is -2.39. The molecule has 0 bridgehead atoms. The Kier molecular flexibility index (Phi) is 5.80. The molecule has 4 heteroatoms. The number of nitrogens with zero attached hydrogens (tertiary/aromatic N) is 1. The highest BCUT2D eigenvalue weighted by molar-refractivity contribution is 5.84. The molecule has 0 aliphatic carbocycles. The Morgan fingerprint density at radius 1 is 1.26 bits per heavy atom. The van der Waals surface area contributed by atoms with Gasteiger partial charge in [0, 0.05) is 26.1 Å². The fourth-order valence-electron chi connectivity index (χ4n) is 3.11. The number of hydrogen-bond acceptors (Lipinski definition) is 2. The first kappa shape index (κ1) is 17.5. The monoisotopic (exact) mass is 316 g/mol. The molecule has 0 spiro atoms. The van der Waals surface area contributed by atoms with Crippen LogP contribution in [0.25, 0.3) is 0 Å². The highest BCUT2D eigenvalue weighted by Gasteiger charge is 2.39. The minimum Gasteiger partial charge on any atom is -0.351 e. The minimum absolute atomic E-state index is 0.0448. The van der Waals surface area contributed by atoms with E-state index < -0.39 is 5.41 Å². The average Bonchev–Trinajstić information content (AvgIpc) is 2.53. The molecule has 1 fully saturated rings. The lowest BCUT2D eigenvalue weighted by atomic mass is 9.80. The number of nitrogens with one attached hydrogen (secondary N) is 1. The second kappa shape index (κ2) is 7.62. The van der Waals surface area contributed by atoms with Crippen LogP contribution in [0.15, 0.2) is 30.3 Å². The zero-order chi connectivity index (χ0) is 16.9. The number of piperidine rings is 1. The van der Waals surface area contributed by atoms with Gasteiger partial charge in [-0.25, -0.2) is 0 Å². The van der Waals surface area contributed by atoms with Crippen molar-refractivity contribution in [3.8, 4) is 0 Å². The van der Waals surface area contributed by atoms with Crippen molar-refractivity contribution in [2.45, 2.75) is 46.6 Å². The molecule has 1 saturated heterocycles. The van der Waals surface area contributed by atoms with Crippen LogP contribution in [0.4, 0.5) is 0 Å². The number of amides is 2. The quantitative estimate of drug-likeness (QED) is 0.908. The molecule has 23 heavy (non-hydrogen) atoms. The minimum atomic E-state index is -0.486. The smallest absolute Gasteiger partial charge is 0.227 e. The number of carbonyl (C=O) groups is 2. The molecule has 1 N–H and O–H groups in total. The van der Waals surface area contributed by atoms with Crippen molar-refractivity contribution in [2.75, 3.05) is 13.1 Å². The lowest BCUT2D eigenvalue weighted by Crippen LogP contribution is -2.51. The summed E-state index contributed by atoms with van der Waals surface area (Å²) in [6.07, 6.45) is 2.28. The van der Waals surface area contributed by atoms with Gasteiger partial charge in [0.2, 0.25) is 11.8 Å². The van der Waals surface area contributed by atoms with Crippen molar-refractivity contribution in [3.05, 3.63) is 35.9 Å². The van der Waals surface area contributed by atoms with Crippen LogP contribution in [0, 0.1) is 11.3 Å². The number of hydrogen-bond donors (Lipinski definition) is 1. The predicted octanol–water partition coefficient (Wildman–Crippen LogP) is 2.98. The second-order valence-corrected chi connectivity index (χ2v) is 7.25. The average molecular weight is 316 g/mol. The Hall–Kier alpha value is -1.84. The highest BCUT2D eigenvalue weighted by atomic mass is 16.2. The van der Waals surface area contributed by atoms with E-state index in [1.807, 2.05) is 56.0 Å². The third-order valence-electron chi connectivity index (χ3n) is 4.48. The molecule has 1 aromatic carbocycles. The van der Waals surface area contributed by atoms with Gasteiger partial charge in [0.05, 0.1) is 5.41 Å². The van der Waals surface area contributed by atoms with Gasteiger partial charge >= 0.3 is 0 Å². The third-order valence-corrected chi connectivity index (χ3v) is 4.48. The van der Waals surface area contributed by atoms with Crippen molar-refractivity contribution in [1.82, 2.24) is 10.2 Å². The van der Waals surface area contributed by atoms with Crippen LogP contribution < -0.4 is 5.32 Å². The molecule has 1 aliphatic rings. The fourth-order valence-corrected chi connectivity index (χ4v) is 3.11. The maximum Gasteiger partial charge on any atom is 0.227 e.